The maximum atomic E-state index is 11.7. The number of H-pyrrole nitrogens is 1. The van der Waals surface area contributed by atoms with Crippen molar-refractivity contribution in [1.29, 1.82) is 0 Å². The molecule has 3 rings (SSSR count). The van der Waals surface area contributed by atoms with Gasteiger partial charge in [0.2, 0.25) is 0 Å². The van der Waals surface area contributed by atoms with Gasteiger partial charge in [0.15, 0.2) is 0 Å². The summed E-state index contributed by atoms with van der Waals surface area (Å²) in [6, 6.07) is 18.5. The first-order valence-electron chi connectivity index (χ1n) is 8.18. The van der Waals surface area contributed by atoms with Crippen molar-refractivity contribution in [3.05, 3.63) is 71.4 Å². The number of para-hydroxylation sites is 1. The molecule has 0 saturated heterocycles. The van der Waals surface area contributed by atoms with Crippen LogP contribution in [-0.4, -0.2) is 24.6 Å². The van der Waals surface area contributed by atoms with Crippen LogP contribution < -0.4 is 5.32 Å². The van der Waals surface area contributed by atoms with E-state index < -0.39 is 0 Å². The lowest BCUT2D eigenvalue weighted by molar-refractivity contribution is -0.139. The SMILES string of the molecule is COC(=O)Cc1[nH]c2ccccc2c1CCNCc1ccccc1. The lowest BCUT2D eigenvalue weighted by Gasteiger charge is -2.07. The summed E-state index contributed by atoms with van der Waals surface area (Å²) in [6.07, 6.45) is 1.14. The zero-order valence-electron chi connectivity index (χ0n) is 13.8. The van der Waals surface area contributed by atoms with Crippen LogP contribution in [0.15, 0.2) is 54.6 Å². The molecule has 0 amide bonds. The number of hydrogen-bond acceptors (Lipinski definition) is 3. The summed E-state index contributed by atoms with van der Waals surface area (Å²) in [6.45, 7) is 1.69. The molecule has 0 aliphatic heterocycles. The second-order valence-electron chi connectivity index (χ2n) is 5.79. The summed E-state index contributed by atoms with van der Waals surface area (Å²) in [5.41, 5.74) is 4.47. The molecule has 0 spiro atoms. The van der Waals surface area contributed by atoms with Crippen molar-refractivity contribution >= 4 is 16.9 Å². The Morgan fingerprint density at radius 3 is 2.62 bits per heavy atom. The normalized spacial score (nSPS) is 10.9. The highest BCUT2D eigenvalue weighted by molar-refractivity contribution is 5.86. The Labute approximate surface area is 141 Å². The Morgan fingerprint density at radius 2 is 1.83 bits per heavy atom. The van der Waals surface area contributed by atoms with E-state index in [2.05, 4.69) is 28.5 Å². The third-order valence-electron chi connectivity index (χ3n) is 4.17. The second kappa shape index (κ2) is 7.79. The molecule has 0 saturated carbocycles. The Bertz CT molecular complexity index is 809. The summed E-state index contributed by atoms with van der Waals surface area (Å²) in [5, 5.41) is 4.65. The van der Waals surface area contributed by atoms with E-state index >= 15 is 0 Å². The third-order valence-corrected chi connectivity index (χ3v) is 4.17. The van der Waals surface area contributed by atoms with Gasteiger partial charge < -0.3 is 15.0 Å². The van der Waals surface area contributed by atoms with Gasteiger partial charge in [-0.05, 0) is 30.2 Å². The lowest BCUT2D eigenvalue weighted by Crippen LogP contribution is -2.17. The molecule has 124 valence electrons. The molecule has 0 fully saturated rings. The number of carbonyl (C=O) groups is 1. The molecule has 1 heterocycles. The number of carbonyl (C=O) groups excluding carboxylic acids is 1. The molecule has 2 N–H and O–H groups in total. The van der Waals surface area contributed by atoms with Gasteiger partial charge in [0.05, 0.1) is 13.5 Å². The summed E-state index contributed by atoms with van der Waals surface area (Å²) in [7, 11) is 1.42. The van der Waals surface area contributed by atoms with Gasteiger partial charge in [0.1, 0.15) is 0 Å². The van der Waals surface area contributed by atoms with E-state index in [0.717, 1.165) is 30.7 Å². The highest BCUT2D eigenvalue weighted by Crippen LogP contribution is 2.23. The summed E-state index contributed by atoms with van der Waals surface area (Å²) in [4.78, 5) is 15.0. The number of aromatic amines is 1. The van der Waals surface area contributed by atoms with Gasteiger partial charge in [0.25, 0.3) is 0 Å². The highest BCUT2D eigenvalue weighted by Gasteiger charge is 2.14. The van der Waals surface area contributed by atoms with E-state index in [1.54, 1.807) is 0 Å². The molecule has 4 nitrogen and oxygen atoms in total. The number of benzene rings is 2. The third kappa shape index (κ3) is 3.84. The van der Waals surface area contributed by atoms with E-state index in [0.29, 0.717) is 0 Å². The van der Waals surface area contributed by atoms with Crippen LogP contribution >= 0.6 is 0 Å². The van der Waals surface area contributed by atoms with Gasteiger partial charge in [-0.3, -0.25) is 4.79 Å². The fraction of sp³-hybridized carbons (Fsp3) is 0.250. The van der Waals surface area contributed by atoms with Crippen molar-refractivity contribution < 1.29 is 9.53 Å². The molecule has 0 bridgehead atoms. The fourth-order valence-corrected chi connectivity index (χ4v) is 2.95. The molecule has 0 radical (unpaired) electrons. The van der Waals surface area contributed by atoms with E-state index in [1.807, 2.05) is 36.4 Å². The maximum absolute atomic E-state index is 11.7. The molecule has 0 aliphatic carbocycles. The molecule has 24 heavy (non-hydrogen) atoms. The molecular weight excluding hydrogens is 300 g/mol. The van der Waals surface area contributed by atoms with E-state index in [4.69, 9.17) is 4.74 Å². The van der Waals surface area contributed by atoms with Crippen LogP contribution in [0, 0.1) is 0 Å². The summed E-state index contributed by atoms with van der Waals surface area (Å²) >= 11 is 0. The van der Waals surface area contributed by atoms with E-state index in [1.165, 1.54) is 23.6 Å². The van der Waals surface area contributed by atoms with Gasteiger partial charge in [-0.1, -0.05) is 48.5 Å². The quantitative estimate of drug-likeness (QED) is 0.519. The van der Waals surface area contributed by atoms with E-state index in [9.17, 15) is 4.79 Å². The number of ether oxygens (including phenoxy) is 1. The largest absolute Gasteiger partial charge is 0.469 e. The Balaban J connectivity index is 1.70. The molecule has 4 heteroatoms. The fourth-order valence-electron chi connectivity index (χ4n) is 2.95. The van der Waals surface area contributed by atoms with Crippen molar-refractivity contribution in [3.8, 4) is 0 Å². The van der Waals surface area contributed by atoms with Gasteiger partial charge in [0, 0.05) is 23.1 Å². The van der Waals surface area contributed by atoms with Crippen LogP contribution in [0.25, 0.3) is 10.9 Å². The number of methoxy groups -OCH3 is 1. The monoisotopic (exact) mass is 322 g/mol. The smallest absolute Gasteiger partial charge is 0.311 e. The van der Waals surface area contributed by atoms with Crippen LogP contribution in [0.4, 0.5) is 0 Å². The predicted octanol–water partition coefficient (Wildman–Crippen LogP) is 3.22. The summed E-state index contributed by atoms with van der Waals surface area (Å²) in [5.74, 6) is -0.222. The molecule has 0 aliphatic rings. The molecule has 0 atom stereocenters. The molecule has 0 unspecified atom stereocenters. The lowest BCUT2D eigenvalue weighted by atomic mass is 10.1. The standard InChI is InChI=1S/C20H22N2O2/c1-24-20(23)13-19-17(16-9-5-6-10-18(16)22-19)11-12-21-14-15-7-3-2-4-8-15/h2-10,21-22H,11-14H2,1H3. The number of aromatic nitrogens is 1. The number of esters is 1. The van der Waals surface area contributed by atoms with Crippen LogP contribution in [0.5, 0.6) is 0 Å². The van der Waals surface area contributed by atoms with Crippen molar-refractivity contribution in [2.75, 3.05) is 13.7 Å². The predicted molar refractivity (Wildman–Crippen MR) is 95.9 cm³/mol. The zero-order chi connectivity index (χ0) is 16.8. The first kappa shape index (κ1) is 16.3. The minimum Gasteiger partial charge on any atom is -0.469 e. The Hall–Kier alpha value is -2.59. The van der Waals surface area contributed by atoms with Crippen molar-refractivity contribution in [3.63, 3.8) is 0 Å². The van der Waals surface area contributed by atoms with Crippen molar-refractivity contribution in [1.82, 2.24) is 10.3 Å². The van der Waals surface area contributed by atoms with Gasteiger partial charge in [-0.15, -0.1) is 0 Å². The zero-order valence-corrected chi connectivity index (χ0v) is 13.8. The minimum absolute atomic E-state index is 0.222. The average Bonchev–Trinajstić information content (AvgIpc) is 2.96. The molecule has 1 aromatic heterocycles. The topological polar surface area (TPSA) is 54.1 Å². The van der Waals surface area contributed by atoms with Gasteiger partial charge in [-0.25, -0.2) is 0 Å². The number of nitrogens with one attached hydrogen (secondary N) is 2. The second-order valence-corrected chi connectivity index (χ2v) is 5.79. The Morgan fingerprint density at radius 1 is 1.08 bits per heavy atom. The number of fused-ring (bicyclic) bond motifs is 1. The van der Waals surface area contributed by atoms with Crippen molar-refractivity contribution in [2.24, 2.45) is 0 Å². The highest BCUT2D eigenvalue weighted by atomic mass is 16.5. The molecule has 3 aromatic rings. The maximum Gasteiger partial charge on any atom is 0.311 e. The first-order chi connectivity index (χ1) is 11.8. The van der Waals surface area contributed by atoms with Crippen LogP contribution in [0.2, 0.25) is 0 Å². The van der Waals surface area contributed by atoms with Crippen LogP contribution in [-0.2, 0) is 28.9 Å². The summed E-state index contributed by atoms with van der Waals surface area (Å²) < 4.78 is 4.81. The average molecular weight is 322 g/mol. The Kier molecular flexibility index (Phi) is 5.29. The molecule has 2 aromatic carbocycles. The van der Waals surface area contributed by atoms with Crippen LogP contribution in [0.1, 0.15) is 16.8 Å². The molecular formula is C20H22N2O2. The number of rotatable bonds is 7. The van der Waals surface area contributed by atoms with Gasteiger partial charge >= 0.3 is 5.97 Å². The van der Waals surface area contributed by atoms with Crippen molar-refractivity contribution in [2.45, 2.75) is 19.4 Å². The minimum atomic E-state index is -0.222. The first-order valence-corrected chi connectivity index (χ1v) is 8.18. The van der Waals surface area contributed by atoms with E-state index in [-0.39, 0.29) is 12.4 Å². The van der Waals surface area contributed by atoms with Gasteiger partial charge in [-0.2, -0.15) is 0 Å². The number of hydrogen-bond donors (Lipinski definition) is 2. The van der Waals surface area contributed by atoms with Crippen LogP contribution in [0.3, 0.4) is 0 Å².